The fraction of sp³-hybridized carbons (Fsp3) is 0.200. The van der Waals surface area contributed by atoms with Crippen LogP contribution in [0.5, 0.6) is 0 Å². The topological polar surface area (TPSA) is 45.8 Å². The molecule has 3 aromatic rings. The number of aryl methyl sites for hydroxylation is 1. The first kappa shape index (κ1) is 17.1. The Morgan fingerprint density at radius 2 is 2.15 bits per heavy atom. The fourth-order valence-corrected chi connectivity index (χ4v) is 4.65. The van der Waals surface area contributed by atoms with E-state index in [1.807, 2.05) is 41.8 Å². The van der Waals surface area contributed by atoms with Gasteiger partial charge in [-0.3, -0.25) is 4.79 Å². The molecule has 0 saturated carbocycles. The standard InChI is InChI=1S/C20H18N2O2S2/c1-14-6-2-3-8-18(14)26-13-20(23)22-16(19-9-5-11-25-19)12-15(21-22)17-7-4-10-24-17/h2-11,16H,12-13H2,1H3. The van der Waals surface area contributed by atoms with Crippen molar-refractivity contribution in [2.45, 2.75) is 24.3 Å². The molecule has 4 rings (SSSR count). The van der Waals surface area contributed by atoms with Crippen molar-refractivity contribution in [1.29, 1.82) is 0 Å². The molecule has 0 fully saturated rings. The zero-order valence-electron chi connectivity index (χ0n) is 14.3. The van der Waals surface area contributed by atoms with E-state index in [-0.39, 0.29) is 11.9 Å². The van der Waals surface area contributed by atoms with Gasteiger partial charge in [0.2, 0.25) is 0 Å². The molecule has 3 heterocycles. The summed E-state index contributed by atoms with van der Waals surface area (Å²) in [5.41, 5.74) is 2.00. The first-order valence-corrected chi connectivity index (χ1v) is 10.2. The first-order valence-electron chi connectivity index (χ1n) is 8.37. The van der Waals surface area contributed by atoms with E-state index in [0.717, 1.165) is 21.2 Å². The molecule has 0 aliphatic carbocycles. The van der Waals surface area contributed by atoms with E-state index in [4.69, 9.17) is 4.42 Å². The minimum absolute atomic E-state index is 0.0122. The number of thiophene rings is 1. The Balaban J connectivity index is 1.54. The van der Waals surface area contributed by atoms with Gasteiger partial charge in [0.05, 0.1) is 18.1 Å². The maximum absolute atomic E-state index is 12.9. The number of benzene rings is 1. The van der Waals surface area contributed by atoms with Gasteiger partial charge < -0.3 is 4.42 Å². The van der Waals surface area contributed by atoms with Crippen molar-refractivity contribution in [2.75, 3.05) is 5.75 Å². The van der Waals surface area contributed by atoms with Crippen LogP contribution in [0.4, 0.5) is 0 Å². The number of rotatable bonds is 5. The van der Waals surface area contributed by atoms with Gasteiger partial charge in [0, 0.05) is 16.2 Å². The third-order valence-electron chi connectivity index (χ3n) is 4.29. The largest absolute Gasteiger partial charge is 0.463 e. The SMILES string of the molecule is Cc1ccccc1SCC(=O)N1N=C(c2ccco2)CC1c1cccs1. The molecule has 26 heavy (non-hydrogen) atoms. The van der Waals surface area contributed by atoms with Gasteiger partial charge in [-0.05, 0) is 42.1 Å². The summed E-state index contributed by atoms with van der Waals surface area (Å²) in [6, 6.07) is 15.9. The van der Waals surface area contributed by atoms with Gasteiger partial charge in [-0.2, -0.15) is 5.10 Å². The second-order valence-corrected chi connectivity index (χ2v) is 8.05. The van der Waals surface area contributed by atoms with Gasteiger partial charge in [-0.15, -0.1) is 23.1 Å². The van der Waals surface area contributed by atoms with Crippen LogP contribution in [0.2, 0.25) is 0 Å². The minimum atomic E-state index is -0.0555. The Morgan fingerprint density at radius 3 is 2.88 bits per heavy atom. The summed E-state index contributed by atoms with van der Waals surface area (Å²) >= 11 is 3.21. The molecule has 132 valence electrons. The number of furan rings is 1. The zero-order chi connectivity index (χ0) is 17.9. The van der Waals surface area contributed by atoms with Crippen molar-refractivity contribution in [2.24, 2.45) is 5.10 Å². The predicted octanol–water partition coefficient (Wildman–Crippen LogP) is 5.12. The molecule has 6 heteroatoms. The van der Waals surface area contributed by atoms with Crippen LogP contribution in [0.15, 0.2) is 74.6 Å². The van der Waals surface area contributed by atoms with E-state index in [9.17, 15) is 4.79 Å². The van der Waals surface area contributed by atoms with Gasteiger partial charge in [-0.1, -0.05) is 24.3 Å². The fourth-order valence-electron chi connectivity index (χ4n) is 2.96. The molecule has 0 saturated heterocycles. The Bertz CT molecular complexity index is 917. The van der Waals surface area contributed by atoms with Crippen LogP contribution in [-0.2, 0) is 4.79 Å². The number of amides is 1. The van der Waals surface area contributed by atoms with Gasteiger partial charge in [0.1, 0.15) is 11.5 Å². The van der Waals surface area contributed by atoms with Crippen LogP contribution >= 0.6 is 23.1 Å². The van der Waals surface area contributed by atoms with E-state index in [1.165, 1.54) is 5.56 Å². The molecule has 4 nitrogen and oxygen atoms in total. The number of nitrogens with zero attached hydrogens (tertiary/aromatic N) is 2. The van der Waals surface area contributed by atoms with Crippen molar-refractivity contribution >= 4 is 34.7 Å². The number of hydrogen-bond donors (Lipinski definition) is 0. The van der Waals surface area contributed by atoms with Crippen LogP contribution < -0.4 is 0 Å². The normalized spacial score (nSPS) is 16.7. The number of thioether (sulfide) groups is 1. The molecule has 0 spiro atoms. The molecular formula is C20H18N2O2S2. The van der Waals surface area contributed by atoms with Crippen LogP contribution in [0, 0.1) is 6.92 Å². The number of hydrogen-bond acceptors (Lipinski definition) is 5. The third-order valence-corrected chi connectivity index (χ3v) is 6.42. The van der Waals surface area contributed by atoms with Gasteiger partial charge in [-0.25, -0.2) is 5.01 Å². The summed E-state index contributed by atoms with van der Waals surface area (Å²) in [6.07, 6.45) is 2.31. The summed E-state index contributed by atoms with van der Waals surface area (Å²) in [6.45, 7) is 2.06. The van der Waals surface area contributed by atoms with E-state index < -0.39 is 0 Å². The molecule has 1 amide bonds. The highest BCUT2D eigenvalue weighted by molar-refractivity contribution is 8.00. The molecule has 1 aliphatic rings. The smallest absolute Gasteiger partial charge is 0.253 e. The minimum Gasteiger partial charge on any atom is -0.463 e. The van der Waals surface area contributed by atoms with Crippen molar-refractivity contribution in [3.05, 3.63) is 76.4 Å². The van der Waals surface area contributed by atoms with Gasteiger partial charge in [0.15, 0.2) is 0 Å². The van der Waals surface area contributed by atoms with Gasteiger partial charge >= 0.3 is 0 Å². The number of carbonyl (C=O) groups excluding carboxylic acids is 1. The van der Waals surface area contributed by atoms with E-state index >= 15 is 0 Å². The molecule has 1 atom stereocenters. The van der Waals surface area contributed by atoms with Crippen LogP contribution in [0.1, 0.15) is 28.7 Å². The summed E-state index contributed by atoms with van der Waals surface area (Å²) in [4.78, 5) is 15.2. The van der Waals surface area contributed by atoms with Crippen LogP contribution in [0.3, 0.4) is 0 Å². The quantitative estimate of drug-likeness (QED) is 0.575. The van der Waals surface area contributed by atoms with E-state index in [2.05, 4.69) is 24.2 Å². The van der Waals surface area contributed by atoms with Crippen LogP contribution in [0.25, 0.3) is 0 Å². The Hall–Kier alpha value is -2.31. The Labute approximate surface area is 160 Å². The monoisotopic (exact) mass is 382 g/mol. The lowest BCUT2D eigenvalue weighted by atomic mass is 10.1. The summed E-state index contributed by atoms with van der Waals surface area (Å²) in [5, 5.41) is 8.27. The Morgan fingerprint density at radius 1 is 1.27 bits per heavy atom. The maximum Gasteiger partial charge on any atom is 0.253 e. The highest BCUT2D eigenvalue weighted by Gasteiger charge is 2.34. The number of carbonyl (C=O) groups is 1. The second kappa shape index (κ2) is 7.51. The second-order valence-electron chi connectivity index (χ2n) is 6.05. The maximum atomic E-state index is 12.9. The lowest BCUT2D eigenvalue weighted by molar-refractivity contribution is -0.130. The molecule has 1 unspecified atom stereocenters. The van der Waals surface area contributed by atoms with Crippen molar-refractivity contribution in [3.63, 3.8) is 0 Å². The molecule has 1 aromatic carbocycles. The van der Waals surface area contributed by atoms with Crippen LogP contribution in [-0.4, -0.2) is 22.4 Å². The summed E-state index contributed by atoms with van der Waals surface area (Å²) < 4.78 is 5.49. The highest BCUT2D eigenvalue weighted by Crippen LogP contribution is 2.36. The molecule has 2 aromatic heterocycles. The molecule has 1 aliphatic heterocycles. The summed E-state index contributed by atoms with van der Waals surface area (Å²) in [7, 11) is 0. The van der Waals surface area contributed by atoms with Crippen molar-refractivity contribution < 1.29 is 9.21 Å². The Kier molecular flexibility index (Phi) is 4.95. The zero-order valence-corrected chi connectivity index (χ0v) is 15.9. The van der Waals surface area contributed by atoms with Gasteiger partial charge in [0.25, 0.3) is 5.91 Å². The molecule has 0 N–H and O–H groups in total. The first-order chi connectivity index (χ1) is 12.7. The van der Waals surface area contributed by atoms with Crippen molar-refractivity contribution in [3.8, 4) is 0 Å². The number of hydrazone groups is 1. The molecule has 0 radical (unpaired) electrons. The van der Waals surface area contributed by atoms with E-state index in [0.29, 0.717) is 12.2 Å². The average Bonchev–Trinajstić information content (AvgIpc) is 3.41. The lowest BCUT2D eigenvalue weighted by Crippen LogP contribution is -2.28. The summed E-state index contributed by atoms with van der Waals surface area (Å²) in [5.74, 6) is 1.11. The lowest BCUT2D eigenvalue weighted by Gasteiger charge is -2.20. The average molecular weight is 383 g/mol. The van der Waals surface area contributed by atoms with Crippen molar-refractivity contribution in [1.82, 2.24) is 5.01 Å². The molecular weight excluding hydrogens is 364 g/mol. The predicted molar refractivity (Wildman–Crippen MR) is 106 cm³/mol. The van der Waals surface area contributed by atoms with E-state index in [1.54, 1.807) is 34.4 Å². The highest BCUT2D eigenvalue weighted by atomic mass is 32.2. The molecule has 0 bridgehead atoms. The third kappa shape index (κ3) is 3.48.